The van der Waals surface area contributed by atoms with E-state index in [9.17, 15) is 9.18 Å². The second-order valence-electron chi connectivity index (χ2n) is 3.63. The second-order valence-corrected chi connectivity index (χ2v) is 4.50. The first-order valence-electron chi connectivity index (χ1n) is 5.34. The third kappa shape index (κ3) is 2.92. The molecule has 0 aliphatic carbocycles. The Hall–Kier alpha value is -1.75. The predicted molar refractivity (Wildman–Crippen MR) is 70.3 cm³/mol. The molecule has 3 nitrogen and oxygen atoms in total. The van der Waals surface area contributed by atoms with Gasteiger partial charge in [-0.1, -0.05) is 12.1 Å². The first-order valence-corrected chi connectivity index (χ1v) is 6.73. The van der Waals surface area contributed by atoms with E-state index in [4.69, 9.17) is 4.42 Å². The van der Waals surface area contributed by atoms with Gasteiger partial charge in [-0.15, -0.1) is 0 Å². The maximum atomic E-state index is 13.3. The van der Waals surface area contributed by atoms with E-state index in [1.807, 2.05) is 6.26 Å². The SMILES string of the molecule is CSCc1ccc(C(=O)Nc2ccccc2F)o1. The summed E-state index contributed by atoms with van der Waals surface area (Å²) < 4.78 is 18.7. The van der Waals surface area contributed by atoms with Crippen molar-refractivity contribution in [2.45, 2.75) is 5.75 Å². The lowest BCUT2D eigenvalue weighted by molar-refractivity contribution is 0.0995. The molecule has 1 aromatic carbocycles. The first kappa shape index (κ1) is 12.7. The molecule has 2 aromatic rings. The highest BCUT2D eigenvalue weighted by atomic mass is 32.2. The maximum absolute atomic E-state index is 13.3. The summed E-state index contributed by atoms with van der Waals surface area (Å²) in [6, 6.07) is 9.33. The molecule has 94 valence electrons. The number of furan rings is 1. The van der Waals surface area contributed by atoms with Gasteiger partial charge >= 0.3 is 0 Å². The van der Waals surface area contributed by atoms with Crippen LogP contribution in [0.5, 0.6) is 0 Å². The molecular formula is C13H12FNO2S. The van der Waals surface area contributed by atoms with Gasteiger partial charge < -0.3 is 9.73 Å². The number of amides is 1. The third-order valence-electron chi connectivity index (χ3n) is 2.29. The molecule has 0 unspecified atom stereocenters. The molecule has 2 rings (SSSR count). The molecule has 0 spiro atoms. The topological polar surface area (TPSA) is 42.2 Å². The number of rotatable bonds is 4. The first-order chi connectivity index (χ1) is 8.70. The molecule has 0 atom stereocenters. The molecule has 0 radical (unpaired) electrons. The quantitative estimate of drug-likeness (QED) is 0.919. The second kappa shape index (κ2) is 5.73. The maximum Gasteiger partial charge on any atom is 0.291 e. The average molecular weight is 265 g/mol. The smallest absolute Gasteiger partial charge is 0.291 e. The van der Waals surface area contributed by atoms with E-state index in [1.54, 1.807) is 36.0 Å². The van der Waals surface area contributed by atoms with Gasteiger partial charge in [0.05, 0.1) is 11.4 Å². The van der Waals surface area contributed by atoms with Crippen LogP contribution < -0.4 is 5.32 Å². The van der Waals surface area contributed by atoms with Crippen LogP contribution in [0.25, 0.3) is 0 Å². The van der Waals surface area contributed by atoms with Gasteiger partial charge in [0.1, 0.15) is 11.6 Å². The molecular weight excluding hydrogens is 253 g/mol. The fourth-order valence-electron chi connectivity index (χ4n) is 1.47. The summed E-state index contributed by atoms with van der Waals surface area (Å²) in [5.74, 6) is 0.685. The number of para-hydroxylation sites is 1. The van der Waals surface area contributed by atoms with Crippen LogP contribution >= 0.6 is 11.8 Å². The summed E-state index contributed by atoms with van der Waals surface area (Å²) >= 11 is 1.60. The number of hydrogen-bond acceptors (Lipinski definition) is 3. The Balaban J connectivity index is 2.10. The molecule has 18 heavy (non-hydrogen) atoms. The minimum Gasteiger partial charge on any atom is -0.455 e. The van der Waals surface area contributed by atoms with Crippen LogP contribution in [0.15, 0.2) is 40.8 Å². The number of hydrogen-bond donors (Lipinski definition) is 1. The van der Waals surface area contributed by atoms with Crippen molar-refractivity contribution in [3.05, 3.63) is 53.7 Å². The molecule has 0 aliphatic rings. The summed E-state index contributed by atoms with van der Waals surface area (Å²) in [4.78, 5) is 11.8. The van der Waals surface area contributed by atoms with E-state index in [-0.39, 0.29) is 11.4 Å². The Morgan fingerprint density at radius 1 is 1.33 bits per heavy atom. The standard InChI is InChI=1S/C13H12FNO2S/c1-18-8-9-6-7-12(17-9)13(16)15-11-5-3-2-4-10(11)14/h2-7H,8H2,1H3,(H,15,16). The van der Waals surface area contributed by atoms with Gasteiger partial charge in [-0.3, -0.25) is 4.79 Å². The van der Waals surface area contributed by atoms with Gasteiger partial charge in [-0.2, -0.15) is 11.8 Å². The fraction of sp³-hybridized carbons (Fsp3) is 0.154. The van der Waals surface area contributed by atoms with Crippen LogP contribution in [0, 0.1) is 5.82 Å². The van der Waals surface area contributed by atoms with Crippen molar-refractivity contribution in [3.63, 3.8) is 0 Å². The molecule has 1 aromatic heterocycles. The number of carbonyl (C=O) groups is 1. The predicted octanol–water partition coefficient (Wildman–Crippen LogP) is 3.53. The van der Waals surface area contributed by atoms with Crippen molar-refractivity contribution < 1.29 is 13.6 Å². The molecule has 0 bridgehead atoms. The van der Waals surface area contributed by atoms with Crippen LogP contribution in [-0.2, 0) is 5.75 Å². The number of thioether (sulfide) groups is 1. The van der Waals surface area contributed by atoms with Crippen LogP contribution in [0.1, 0.15) is 16.3 Å². The summed E-state index contributed by atoms with van der Waals surface area (Å²) in [5, 5.41) is 2.47. The van der Waals surface area contributed by atoms with Crippen LogP contribution in [0.4, 0.5) is 10.1 Å². The van der Waals surface area contributed by atoms with E-state index in [0.29, 0.717) is 5.75 Å². The van der Waals surface area contributed by atoms with Crippen molar-refractivity contribution in [1.82, 2.24) is 0 Å². The molecule has 0 aliphatic heterocycles. The van der Waals surface area contributed by atoms with Crippen molar-refractivity contribution in [2.75, 3.05) is 11.6 Å². The third-order valence-corrected chi connectivity index (χ3v) is 2.87. The van der Waals surface area contributed by atoms with Crippen LogP contribution in [0.3, 0.4) is 0 Å². The Morgan fingerprint density at radius 2 is 2.11 bits per heavy atom. The number of carbonyl (C=O) groups excluding carboxylic acids is 1. The van der Waals surface area contributed by atoms with Crippen molar-refractivity contribution in [3.8, 4) is 0 Å². The van der Waals surface area contributed by atoms with Gasteiger partial charge in [0.2, 0.25) is 0 Å². The van der Waals surface area contributed by atoms with E-state index in [2.05, 4.69) is 5.32 Å². The Bertz CT molecular complexity index is 553. The largest absolute Gasteiger partial charge is 0.455 e. The lowest BCUT2D eigenvalue weighted by Crippen LogP contribution is -2.11. The lowest BCUT2D eigenvalue weighted by Gasteiger charge is -2.03. The Morgan fingerprint density at radius 3 is 2.83 bits per heavy atom. The normalized spacial score (nSPS) is 10.3. The lowest BCUT2D eigenvalue weighted by atomic mass is 10.3. The van der Waals surface area contributed by atoms with Crippen LogP contribution in [0.2, 0.25) is 0 Å². The molecule has 0 fully saturated rings. The minimum atomic E-state index is -0.471. The molecule has 0 saturated carbocycles. The fourth-order valence-corrected chi connectivity index (χ4v) is 1.91. The van der Waals surface area contributed by atoms with Crippen molar-refractivity contribution >= 4 is 23.4 Å². The van der Waals surface area contributed by atoms with E-state index >= 15 is 0 Å². The summed E-state index contributed by atoms with van der Waals surface area (Å²) in [6.45, 7) is 0. The van der Waals surface area contributed by atoms with Gasteiger partial charge in [0.25, 0.3) is 5.91 Å². The highest BCUT2D eigenvalue weighted by Crippen LogP contribution is 2.17. The summed E-state index contributed by atoms with van der Waals surface area (Å²) in [7, 11) is 0. The Kier molecular flexibility index (Phi) is 4.04. The number of anilines is 1. The summed E-state index contributed by atoms with van der Waals surface area (Å²) in [5.41, 5.74) is 0.144. The highest BCUT2D eigenvalue weighted by Gasteiger charge is 2.12. The number of halogens is 1. The molecule has 1 N–H and O–H groups in total. The van der Waals surface area contributed by atoms with Gasteiger partial charge in [-0.25, -0.2) is 4.39 Å². The van der Waals surface area contributed by atoms with E-state index in [0.717, 1.165) is 5.76 Å². The van der Waals surface area contributed by atoms with E-state index < -0.39 is 11.7 Å². The van der Waals surface area contributed by atoms with Gasteiger partial charge in [-0.05, 0) is 30.5 Å². The number of nitrogens with one attached hydrogen (secondary N) is 1. The molecule has 0 saturated heterocycles. The van der Waals surface area contributed by atoms with Gasteiger partial charge in [0.15, 0.2) is 5.76 Å². The summed E-state index contributed by atoms with van der Waals surface area (Å²) in [6.07, 6.45) is 1.95. The van der Waals surface area contributed by atoms with Crippen molar-refractivity contribution in [1.29, 1.82) is 0 Å². The monoisotopic (exact) mass is 265 g/mol. The average Bonchev–Trinajstić information content (AvgIpc) is 2.81. The number of benzene rings is 1. The molecule has 1 heterocycles. The zero-order valence-corrected chi connectivity index (χ0v) is 10.6. The highest BCUT2D eigenvalue weighted by molar-refractivity contribution is 7.97. The van der Waals surface area contributed by atoms with Gasteiger partial charge in [0, 0.05) is 0 Å². The van der Waals surface area contributed by atoms with Crippen LogP contribution in [-0.4, -0.2) is 12.2 Å². The Labute approximate surface area is 108 Å². The van der Waals surface area contributed by atoms with Crippen molar-refractivity contribution in [2.24, 2.45) is 0 Å². The molecule has 1 amide bonds. The van der Waals surface area contributed by atoms with E-state index in [1.165, 1.54) is 12.1 Å². The minimum absolute atomic E-state index is 0.144. The zero-order chi connectivity index (χ0) is 13.0. The zero-order valence-electron chi connectivity index (χ0n) is 9.77. The molecule has 5 heteroatoms.